The topological polar surface area (TPSA) is 60.3 Å². The predicted octanol–water partition coefficient (Wildman–Crippen LogP) is 3.13. The summed E-state index contributed by atoms with van der Waals surface area (Å²) in [6.45, 7) is 3.45. The second kappa shape index (κ2) is 5.54. The van der Waals surface area contributed by atoms with Gasteiger partial charge in [-0.05, 0) is 19.1 Å². The summed E-state index contributed by atoms with van der Waals surface area (Å²) in [6, 6.07) is 7.83. The Labute approximate surface area is 153 Å². The van der Waals surface area contributed by atoms with E-state index in [-0.39, 0.29) is 5.56 Å². The van der Waals surface area contributed by atoms with Crippen molar-refractivity contribution in [1.29, 1.82) is 0 Å². The molecular weight excluding hydrogens is 348 g/mol. The van der Waals surface area contributed by atoms with Crippen LogP contribution in [0.1, 0.15) is 5.56 Å². The zero-order chi connectivity index (χ0) is 17.8. The first-order chi connectivity index (χ1) is 12.6. The average molecular weight is 364 g/mol. The first kappa shape index (κ1) is 15.3. The Morgan fingerprint density at radius 3 is 2.81 bits per heavy atom. The van der Waals surface area contributed by atoms with Gasteiger partial charge >= 0.3 is 0 Å². The highest BCUT2D eigenvalue weighted by Crippen LogP contribution is 2.42. The van der Waals surface area contributed by atoms with Crippen LogP contribution in [0.2, 0.25) is 0 Å². The molecule has 1 aliphatic heterocycles. The first-order valence-corrected chi connectivity index (χ1v) is 9.19. The van der Waals surface area contributed by atoms with Crippen LogP contribution in [0.5, 0.6) is 5.75 Å². The molecule has 0 amide bonds. The van der Waals surface area contributed by atoms with Crippen molar-refractivity contribution < 1.29 is 4.74 Å². The van der Waals surface area contributed by atoms with Gasteiger partial charge in [0.2, 0.25) is 0 Å². The number of hydrogen-bond donors (Lipinski definition) is 0. The molecule has 4 aromatic rings. The lowest BCUT2D eigenvalue weighted by molar-refractivity contribution is 0.311. The molecule has 7 heteroatoms. The average Bonchev–Trinajstić information content (AvgIpc) is 3.03. The first-order valence-electron chi connectivity index (χ1n) is 8.37. The molecule has 0 saturated carbocycles. The van der Waals surface area contributed by atoms with Crippen molar-refractivity contribution in [3.05, 3.63) is 52.7 Å². The highest BCUT2D eigenvalue weighted by atomic mass is 32.1. The number of nitrogens with zero attached hydrogens (tertiary/aromatic N) is 4. The minimum absolute atomic E-state index is 0.0741. The van der Waals surface area contributed by atoms with Crippen molar-refractivity contribution in [2.75, 3.05) is 25.1 Å². The van der Waals surface area contributed by atoms with Gasteiger partial charge in [0.05, 0.1) is 29.5 Å². The van der Waals surface area contributed by atoms with Gasteiger partial charge in [0.15, 0.2) is 5.75 Å². The Morgan fingerprint density at radius 1 is 1.19 bits per heavy atom. The minimum atomic E-state index is -0.0741. The molecule has 0 radical (unpaired) electrons. The third-order valence-electron chi connectivity index (χ3n) is 4.73. The zero-order valence-electron chi connectivity index (χ0n) is 14.4. The van der Waals surface area contributed by atoms with Gasteiger partial charge in [-0.3, -0.25) is 9.36 Å². The number of hydrogen-bond acceptors (Lipinski definition) is 6. The number of rotatable bonds is 1. The molecule has 6 nitrogen and oxygen atoms in total. The SMILES string of the molecule is Cc1ccc(-n2cnc3c(sc4ncc5c(c43)N(C)CCO5)c2=O)cc1. The monoisotopic (exact) mass is 364 g/mol. The molecule has 0 spiro atoms. The van der Waals surface area contributed by atoms with Gasteiger partial charge in [0, 0.05) is 7.05 Å². The lowest BCUT2D eigenvalue weighted by Gasteiger charge is -2.27. The normalized spacial score (nSPS) is 13.8. The maximum absolute atomic E-state index is 13.1. The summed E-state index contributed by atoms with van der Waals surface area (Å²) in [6.07, 6.45) is 3.34. The molecule has 130 valence electrons. The third-order valence-corrected chi connectivity index (χ3v) is 5.80. The van der Waals surface area contributed by atoms with Crippen molar-refractivity contribution in [1.82, 2.24) is 14.5 Å². The fourth-order valence-electron chi connectivity index (χ4n) is 3.34. The molecule has 0 fully saturated rings. The smallest absolute Gasteiger partial charge is 0.275 e. The lowest BCUT2D eigenvalue weighted by atomic mass is 10.2. The molecule has 0 unspecified atom stereocenters. The van der Waals surface area contributed by atoms with Gasteiger partial charge in [-0.1, -0.05) is 17.7 Å². The van der Waals surface area contributed by atoms with E-state index in [0.29, 0.717) is 16.8 Å². The van der Waals surface area contributed by atoms with Crippen LogP contribution in [0.3, 0.4) is 0 Å². The van der Waals surface area contributed by atoms with E-state index in [1.807, 2.05) is 38.2 Å². The van der Waals surface area contributed by atoms with Crippen molar-refractivity contribution in [2.45, 2.75) is 6.92 Å². The maximum Gasteiger partial charge on any atom is 0.275 e. The summed E-state index contributed by atoms with van der Waals surface area (Å²) in [5.74, 6) is 0.746. The number of fused-ring (bicyclic) bond motifs is 5. The van der Waals surface area contributed by atoms with Crippen molar-refractivity contribution in [3.8, 4) is 11.4 Å². The van der Waals surface area contributed by atoms with Gasteiger partial charge in [-0.15, -0.1) is 11.3 Å². The van der Waals surface area contributed by atoms with Crippen LogP contribution in [0, 0.1) is 6.92 Å². The summed E-state index contributed by atoms with van der Waals surface area (Å²) in [5, 5.41) is 0.901. The van der Waals surface area contributed by atoms with Gasteiger partial charge in [-0.25, -0.2) is 9.97 Å². The molecule has 1 aliphatic rings. The minimum Gasteiger partial charge on any atom is -0.488 e. The van der Waals surface area contributed by atoms with Crippen LogP contribution in [-0.2, 0) is 0 Å². The van der Waals surface area contributed by atoms with Gasteiger partial charge in [-0.2, -0.15) is 0 Å². The Kier molecular flexibility index (Phi) is 3.27. The number of anilines is 1. The molecule has 0 bridgehead atoms. The van der Waals surface area contributed by atoms with Crippen molar-refractivity contribution in [3.63, 3.8) is 0 Å². The van der Waals surface area contributed by atoms with Crippen LogP contribution in [0.4, 0.5) is 5.69 Å². The number of thiophene rings is 1. The van der Waals surface area contributed by atoms with Crippen LogP contribution >= 0.6 is 11.3 Å². The molecule has 0 saturated heterocycles. The van der Waals surface area contributed by atoms with Crippen LogP contribution in [0.25, 0.3) is 26.1 Å². The fourth-order valence-corrected chi connectivity index (χ4v) is 4.37. The Bertz CT molecular complexity index is 1210. The summed E-state index contributed by atoms with van der Waals surface area (Å²) in [7, 11) is 2.03. The maximum atomic E-state index is 13.1. The van der Waals surface area contributed by atoms with Crippen molar-refractivity contribution in [2.24, 2.45) is 0 Å². The van der Waals surface area contributed by atoms with E-state index in [0.717, 1.165) is 39.4 Å². The summed E-state index contributed by atoms with van der Waals surface area (Å²) in [5.41, 5.74) is 3.54. The fraction of sp³-hybridized carbons (Fsp3) is 0.211. The number of aromatic nitrogens is 3. The molecule has 5 rings (SSSR count). The third kappa shape index (κ3) is 2.13. The van der Waals surface area contributed by atoms with E-state index in [4.69, 9.17) is 4.74 Å². The second-order valence-electron chi connectivity index (χ2n) is 6.46. The van der Waals surface area contributed by atoms with E-state index >= 15 is 0 Å². The van der Waals surface area contributed by atoms with Crippen LogP contribution in [0.15, 0.2) is 41.6 Å². The van der Waals surface area contributed by atoms with Gasteiger partial charge in [0.1, 0.15) is 28.0 Å². The molecule has 1 aromatic carbocycles. The van der Waals surface area contributed by atoms with Crippen LogP contribution in [-0.4, -0.2) is 34.7 Å². The van der Waals surface area contributed by atoms with E-state index in [1.54, 1.807) is 17.1 Å². The number of pyridine rings is 1. The molecular formula is C19H16N4O2S. The van der Waals surface area contributed by atoms with Gasteiger partial charge < -0.3 is 9.64 Å². The zero-order valence-corrected chi connectivity index (χ0v) is 15.2. The van der Waals surface area contributed by atoms with Crippen LogP contribution < -0.4 is 15.2 Å². The van der Waals surface area contributed by atoms with Gasteiger partial charge in [0.25, 0.3) is 5.56 Å². The Morgan fingerprint density at radius 2 is 2.00 bits per heavy atom. The van der Waals surface area contributed by atoms with E-state index < -0.39 is 0 Å². The molecule has 0 atom stereocenters. The predicted molar refractivity (Wildman–Crippen MR) is 104 cm³/mol. The summed E-state index contributed by atoms with van der Waals surface area (Å²) >= 11 is 1.39. The molecule has 0 N–H and O–H groups in total. The largest absolute Gasteiger partial charge is 0.488 e. The number of aryl methyl sites for hydroxylation is 1. The highest BCUT2D eigenvalue weighted by molar-refractivity contribution is 7.25. The Balaban J connectivity index is 1.82. The number of benzene rings is 1. The quantitative estimate of drug-likeness (QED) is 0.519. The molecule has 26 heavy (non-hydrogen) atoms. The van der Waals surface area contributed by atoms with E-state index in [2.05, 4.69) is 14.9 Å². The highest BCUT2D eigenvalue weighted by Gasteiger charge is 2.24. The summed E-state index contributed by atoms with van der Waals surface area (Å²) in [4.78, 5) is 25.2. The lowest BCUT2D eigenvalue weighted by Crippen LogP contribution is -2.29. The van der Waals surface area contributed by atoms with E-state index in [9.17, 15) is 4.79 Å². The number of ether oxygens (including phenoxy) is 1. The van der Waals surface area contributed by atoms with Crippen molar-refractivity contribution >= 4 is 37.5 Å². The molecule has 4 heterocycles. The standard InChI is InChI=1S/C19H16N4O2S/c1-11-3-5-12(6-4-11)23-10-21-15-14-16-13(25-8-7-22(16)2)9-20-18(14)26-17(15)19(23)24/h3-6,9-10H,7-8H2,1-2H3. The second-order valence-corrected chi connectivity index (χ2v) is 7.46. The summed E-state index contributed by atoms with van der Waals surface area (Å²) < 4.78 is 7.95. The van der Waals surface area contributed by atoms with E-state index in [1.165, 1.54) is 11.3 Å². The molecule has 3 aromatic heterocycles. The molecule has 0 aliphatic carbocycles. The number of likely N-dealkylation sites (N-methyl/N-ethyl adjacent to an activating group) is 1. The Hall–Kier alpha value is -2.93.